The van der Waals surface area contributed by atoms with Crippen molar-refractivity contribution in [1.82, 2.24) is 4.98 Å². The highest BCUT2D eigenvalue weighted by Gasteiger charge is 2.35. The number of nitrogens with zero attached hydrogens (tertiary/aromatic N) is 1. The summed E-state index contributed by atoms with van der Waals surface area (Å²) in [6.45, 7) is 4.10. The molecule has 0 bridgehead atoms. The molecule has 30 heavy (non-hydrogen) atoms. The number of carbonyl (C=O) groups excluding carboxylic acids is 2. The van der Waals surface area contributed by atoms with Gasteiger partial charge in [0.25, 0.3) is 5.56 Å². The van der Waals surface area contributed by atoms with Gasteiger partial charge in [-0.05, 0) is 55.3 Å². The van der Waals surface area contributed by atoms with Crippen LogP contribution < -0.4 is 15.8 Å². The van der Waals surface area contributed by atoms with Crippen molar-refractivity contribution in [2.24, 2.45) is 5.92 Å². The number of hydrogen-bond donors (Lipinski definition) is 2. The summed E-state index contributed by atoms with van der Waals surface area (Å²) in [7, 11) is 0. The second-order valence-electron chi connectivity index (χ2n) is 7.54. The number of pyridine rings is 1. The third kappa shape index (κ3) is 3.58. The Balaban J connectivity index is 1.52. The first kappa shape index (κ1) is 19.8. The van der Waals surface area contributed by atoms with Crippen molar-refractivity contribution < 1.29 is 14.0 Å². The number of carbonyl (C=O) groups is 2. The molecule has 6 nitrogen and oxygen atoms in total. The Hall–Kier alpha value is -3.48. The van der Waals surface area contributed by atoms with Crippen molar-refractivity contribution in [3.05, 3.63) is 69.8 Å². The standard InChI is InChI=1S/C23H22FN3O3/c1-3-18-13(2)19-9-6-16(11-20(19)26-23(18)30)25-22(29)14-10-21(28)27(12-14)17-7-4-15(24)5-8-17/h4-9,11,14H,3,10,12H2,1-2H3,(H,25,29)(H,26,30). The minimum Gasteiger partial charge on any atom is -0.326 e. The van der Waals surface area contributed by atoms with Crippen LogP contribution >= 0.6 is 0 Å². The fourth-order valence-corrected chi connectivity index (χ4v) is 4.01. The van der Waals surface area contributed by atoms with Crippen LogP contribution in [0.15, 0.2) is 47.3 Å². The number of rotatable bonds is 4. The number of aromatic amines is 1. The number of nitrogens with one attached hydrogen (secondary N) is 2. The van der Waals surface area contributed by atoms with E-state index in [4.69, 9.17) is 0 Å². The Bertz CT molecular complexity index is 1200. The fourth-order valence-electron chi connectivity index (χ4n) is 4.01. The Morgan fingerprint density at radius 1 is 1.20 bits per heavy atom. The maximum absolute atomic E-state index is 13.1. The molecule has 1 saturated heterocycles. The number of hydrogen-bond acceptors (Lipinski definition) is 3. The highest BCUT2D eigenvalue weighted by Crippen LogP contribution is 2.27. The molecule has 1 aliphatic rings. The van der Waals surface area contributed by atoms with Crippen LogP contribution in [0.2, 0.25) is 0 Å². The van der Waals surface area contributed by atoms with E-state index in [-0.39, 0.29) is 36.2 Å². The molecule has 2 aromatic carbocycles. The number of fused-ring (bicyclic) bond motifs is 1. The zero-order valence-corrected chi connectivity index (χ0v) is 16.8. The second-order valence-corrected chi connectivity index (χ2v) is 7.54. The highest BCUT2D eigenvalue weighted by molar-refractivity contribution is 6.04. The van der Waals surface area contributed by atoms with E-state index in [0.717, 1.165) is 16.5 Å². The SMILES string of the molecule is CCc1c(C)c2ccc(NC(=O)C3CC(=O)N(c4ccc(F)cc4)C3)cc2[nH]c1=O. The average molecular weight is 407 g/mol. The van der Waals surface area contributed by atoms with Gasteiger partial charge in [-0.2, -0.15) is 0 Å². The second kappa shape index (κ2) is 7.74. The maximum Gasteiger partial charge on any atom is 0.251 e. The number of aromatic nitrogens is 1. The molecule has 2 amide bonds. The first-order chi connectivity index (χ1) is 14.4. The van der Waals surface area contributed by atoms with Crippen molar-refractivity contribution in [1.29, 1.82) is 0 Å². The van der Waals surface area contributed by atoms with Gasteiger partial charge in [-0.3, -0.25) is 14.4 Å². The molecule has 1 aliphatic heterocycles. The Morgan fingerprint density at radius 3 is 2.63 bits per heavy atom. The summed E-state index contributed by atoms with van der Waals surface area (Å²) >= 11 is 0. The summed E-state index contributed by atoms with van der Waals surface area (Å²) in [5, 5.41) is 3.78. The van der Waals surface area contributed by atoms with Gasteiger partial charge in [0.2, 0.25) is 11.8 Å². The monoisotopic (exact) mass is 407 g/mol. The van der Waals surface area contributed by atoms with E-state index in [1.54, 1.807) is 12.1 Å². The van der Waals surface area contributed by atoms with Gasteiger partial charge < -0.3 is 15.2 Å². The summed E-state index contributed by atoms with van der Waals surface area (Å²) in [4.78, 5) is 41.7. The van der Waals surface area contributed by atoms with Crippen molar-refractivity contribution in [2.75, 3.05) is 16.8 Å². The van der Waals surface area contributed by atoms with Gasteiger partial charge in [0.15, 0.2) is 0 Å². The lowest BCUT2D eigenvalue weighted by Crippen LogP contribution is -2.28. The van der Waals surface area contributed by atoms with Crippen LogP contribution in [0.3, 0.4) is 0 Å². The molecule has 0 saturated carbocycles. The molecular weight excluding hydrogens is 385 g/mol. The number of anilines is 2. The first-order valence-corrected chi connectivity index (χ1v) is 9.89. The lowest BCUT2D eigenvalue weighted by atomic mass is 10.0. The molecule has 7 heteroatoms. The number of H-pyrrole nitrogens is 1. The predicted molar refractivity (Wildman–Crippen MR) is 114 cm³/mol. The average Bonchev–Trinajstić information content (AvgIpc) is 3.10. The van der Waals surface area contributed by atoms with E-state index in [2.05, 4.69) is 10.3 Å². The van der Waals surface area contributed by atoms with Crippen LogP contribution in [0.25, 0.3) is 10.9 Å². The normalized spacial score (nSPS) is 16.3. The smallest absolute Gasteiger partial charge is 0.251 e. The van der Waals surface area contributed by atoms with E-state index in [0.29, 0.717) is 23.3 Å². The molecule has 1 fully saturated rings. The molecule has 0 spiro atoms. The molecule has 2 heterocycles. The summed E-state index contributed by atoms with van der Waals surface area (Å²) in [6.07, 6.45) is 0.739. The van der Waals surface area contributed by atoms with Crippen LogP contribution in [-0.2, 0) is 16.0 Å². The Labute approximate surface area is 172 Å². The number of benzene rings is 2. The van der Waals surface area contributed by atoms with Crippen molar-refractivity contribution in [2.45, 2.75) is 26.7 Å². The van der Waals surface area contributed by atoms with Gasteiger partial charge in [0, 0.05) is 35.3 Å². The summed E-state index contributed by atoms with van der Waals surface area (Å²) in [5.41, 5.74) is 3.35. The summed E-state index contributed by atoms with van der Waals surface area (Å²) < 4.78 is 13.1. The Morgan fingerprint density at radius 2 is 1.93 bits per heavy atom. The molecule has 1 aromatic heterocycles. The van der Waals surface area contributed by atoms with Crippen LogP contribution in [0.1, 0.15) is 24.5 Å². The largest absolute Gasteiger partial charge is 0.326 e. The minimum atomic E-state index is -0.512. The number of halogens is 1. The number of amides is 2. The van der Waals surface area contributed by atoms with Gasteiger partial charge in [-0.25, -0.2) is 4.39 Å². The minimum absolute atomic E-state index is 0.0899. The van der Waals surface area contributed by atoms with Crippen LogP contribution in [0.4, 0.5) is 15.8 Å². The molecule has 1 unspecified atom stereocenters. The maximum atomic E-state index is 13.1. The molecule has 0 aliphatic carbocycles. The molecule has 1 atom stereocenters. The molecule has 4 rings (SSSR count). The fraction of sp³-hybridized carbons (Fsp3) is 0.261. The van der Waals surface area contributed by atoms with E-state index in [1.165, 1.54) is 29.2 Å². The van der Waals surface area contributed by atoms with E-state index < -0.39 is 5.92 Å². The van der Waals surface area contributed by atoms with Gasteiger partial charge in [-0.1, -0.05) is 13.0 Å². The lowest BCUT2D eigenvalue weighted by molar-refractivity contribution is -0.122. The first-order valence-electron chi connectivity index (χ1n) is 9.89. The molecule has 3 aromatic rings. The third-order valence-electron chi connectivity index (χ3n) is 5.65. The van der Waals surface area contributed by atoms with Gasteiger partial charge in [0.05, 0.1) is 11.4 Å². The third-order valence-corrected chi connectivity index (χ3v) is 5.65. The predicted octanol–water partition coefficient (Wildman–Crippen LogP) is 3.53. The van der Waals surface area contributed by atoms with Crippen LogP contribution in [0, 0.1) is 18.7 Å². The highest BCUT2D eigenvalue weighted by atomic mass is 19.1. The molecule has 0 radical (unpaired) electrons. The van der Waals surface area contributed by atoms with Crippen molar-refractivity contribution in [3.63, 3.8) is 0 Å². The summed E-state index contributed by atoms with van der Waals surface area (Å²) in [6, 6.07) is 11.0. The van der Waals surface area contributed by atoms with E-state index in [9.17, 15) is 18.8 Å². The van der Waals surface area contributed by atoms with Gasteiger partial charge in [-0.15, -0.1) is 0 Å². The van der Waals surface area contributed by atoms with Gasteiger partial charge in [0.1, 0.15) is 5.82 Å². The Kier molecular flexibility index (Phi) is 5.11. The zero-order valence-electron chi connectivity index (χ0n) is 16.8. The van der Waals surface area contributed by atoms with Crippen molar-refractivity contribution >= 4 is 34.1 Å². The van der Waals surface area contributed by atoms with Crippen LogP contribution in [0.5, 0.6) is 0 Å². The quantitative estimate of drug-likeness (QED) is 0.694. The lowest BCUT2D eigenvalue weighted by Gasteiger charge is -2.17. The molecule has 154 valence electrons. The van der Waals surface area contributed by atoms with E-state index >= 15 is 0 Å². The zero-order chi connectivity index (χ0) is 21.4. The molecule has 2 N–H and O–H groups in total. The van der Waals surface area contributed by atoms with Crippen LogP contribution in [-0.4, -0.2) is 23.3 Å². The summed E-state index contributed by atoms with van der Waals surface area (Å²) in [5.74, 6) is -1.33. The van der Waals surface area contributed by atoms with Crippen molar-refractivity contribution in [3.8, 4) is 0 Å². The molecular formula is C23H22FN3O3. The van der Waals surface area contributed by atoms with E-state index in [1.807, 2.05) is 19.9 Å². The number of aryl methyl sites for hydroxylation is 1. The van der Waals surface area contributed by atoms with Gasteiger partial charge >= 0.3 is 0 Å². The topological polar surface area (TPSA) is 82.3 Å².